The maximum absolute atomic E-state index is 2.49. The Balaban J connectivity index is 1.93. The largest absolute Gasteiger partial charge is 0.0622 e. The Morgan fingerprint density at radius 1 is 0.905 bits per heavy atom. The monoisotopic (exact) mass is 278 g/mol. The molecule has 0 N–H and O–H groups in total. The lowest BCUT2D eigenvalue weighted by Gasteiger charge is -2.32. The van der Waals surface area contributed by atoms with E-state index in [4.69, 9.17) is 0 Å². The molecule has 3 rings (SSSR count). The molecule has 2 aromatic carbocycles. The zero-order chi connectivity index (χ0) is 14.8. The van der Waals surface area contributed by atoms with E-state index in [9.17, 15) is 0 Å². The topological polar surface area (TPSA) is 0 Å². The summed E-state index contributed by atoms with van der Waals surface area (Å²) in [5.74, 6) is 2.20. The molecule has 0 saturated heterocycles. The Bertz CT molecular complexity index is 595. The maximum Gasteiger partial charge on any atom is -0.00257 e. The Kier molecular flexibility index (Phi) is 4.14. The average Bonchev–Trinajstić information content (AvgIpc) is 2.48. The highest BCUT2D eigenvalue weighted by molar-refractivity contribution is 5.40. The predicted octanol–water partition coefficient (Wildman–Crippen LogP) is 5.91. The zero-order valence-electron chi connectivity index (χ0n) is 13.5. The van der Waals surface area contributed by atoms with Gasteiger partial charge < -0.3 is 0 Å². The highest BCUT2D eigenvalue weighted by Crippen LogP contribution is 2.42. The fraction of sp³-hybridized carbons (Fsp3) is 0.429. The van der Waals surface area contributed by atoms with Gasteiger partial charge in [0.2, 0.25) is 0 Å². The van der Waals surface area contributed by atoms with Crippen LogP contribution in [0.3, 0.4) is 0 Å². The minimum Gasteiger partial charge on any atom is -0.0622 e. The van der Waals surface area contributed by atoms with E-state index in [2.05, 4.69) is 69.3 Å². The summed E-state index contributed by atoms with van der Waals surface area (Å²) >= 11 is 0. The number of benzene rings is 2. The molecule has 0 bridgehead atoms. The van der Waals surface area contributed by atoms with Crippen LogP contribution in [0.1, 0.15) is 67.7 Å². The molecule has 110 valence electrons. The Labute approximate surface area is 129 Å². The van der Waals surface area contributed by atoms with Crippen molar-refractivity contribution in [3.8, 4) is 0 Å². The summed E-state index contributed by atoms with van der Waals surface area (Å²) in [7, 11) is 0. The van der Waals surface area contributed by atoms with Crippen LogP contribution in [0.4, 0.5) is 0 Å². The first-order chi connectivity index (χ1) is 10.1. The molecule has 0 saturated carbocycles. The first-order valence-corrected chi connectivity index (χ1v) is 8.32. The van der Waals surface area contributed by atoms with Gasteiger partial charge >= 0.3 is 0 Å². The summed E-state index contributed by atoms with van der Waals surface area (Å²) in [5, 5.41) is 0. The van der Waals surface area contributed by atoms with E-state index < -0.39 is 0 Å². The molecule has 2 atom stereocenters. The molecule has 21 heavy (non-hydrogen) atoms. The number of hydrogen-bond donors (Lipinski definition) is 0. The molecule has 0 aliphatic heterocycles. The fourth-order valence-corrected chi connectivity index (χ4v) is 3.77. The van der Waals surface area contributed by atoms with Gasteiger partial charge in [0.15, 0.2) is 0 Å². The van der Waals surface area contributed by atoms with Crippen LogP contribution < -0.4 is 0 Å². The van der Waals surface area contributed by atoms with Gasteiger partial charge in [0.25, 0.3) is 0 Å². The van der Waals surface area contributed by atoms with Gasteiger partial charge in [-0.05, 0) is 59.3 Å². The molecule has 0 radical (unpaired) electrons. The Morgan fingerprint density at radius 2 is 1.67 bits per heavy atom. The number of hydrogen-bond acceptors (Lipinski definition) is 0. The second-order valence-electron chi connectivity index (χ2n) is 6.95. The lowest BCUT2D eigenvalue weighted by molar-refractivity contribution is 0.410. The van der Waals surface area contributed by atoms with Crippen LogP contribution in [0, 0.1) is 5.92 Å². The van der Waals surface area contributed by atoms with Crippen molar-refractivity contribution in [2.24, 2.45) is 5.92 Å². The van der Waals surface area contributed by atoms with Gasteiger partial charge in [-0.25, -0.2) is 0 Å². The van der Waals surface area contributed by atoms with Crippen molar-refractivity contribution in [1.82, 2.24) is 0 Å². The minimum atomic E-state index is 0.723. The van der Waals surface area contributed by atoms with Gasteiger partial charge in [0.05, 0.1) is 0 Å². The molecule has 2 aromatic rings. The van der Waals surface area contributed by atoms with Crippen LogP contribution in [0.5, 0.6) is 0 Å². The SMILES string of the molecule is CC1CCC(C(C)C)c2cc(Cc3ccccc3)ccc21. The van der Waals surface area contributed by atoms with Crippen LogP contribution in [-0.2, 0) is 6.42 Å². The van der Waals surface area contributed by atoms with E-state index in [0.29, 0.717) is 0 Å². The van der Waals surface area contributed by atoms with Gasteiger partial charge in [-0.2, -0.15) is 0 Å². The van der Waals surface area contributed by atoms with E-state index in [1.807, 2.05) is 0 Å². The van der Waals surface area contributed by atoms with Gasteiger partial charge in [-0.3, -0.25) is 0 Å². The molecular weight excluding hydrogens is 252 g/mol. The summed E-state index contributed by atoms with van der Waals surface area (Å²) in [6.07, 6.45) is 3.74. The third-order valence-electron chi connectivity index (χ3n) is 5.05. The zero-order valence-corrected chi connectivity index (χ0v) is 13.5. The lowest BCUT2D eigenvalue weighted by Crippen LogP contribution is -2.17. The van der Waals surface area contributed by atoms with Crippen molar-refractivity contribution in [2.45, 2.75) is 51.9 Å². The van der Waals surface area contributed by atoms with E-state index in [-0.39, 0.29) is 0 Å². The quantitative estimate of drug-likeness (QED) is 0.654. The van der Waals surface area contributed by atoms with Crippen molar-refractivity contribution in [3.05, 3.63) is 70.8 Å². The molecule has 1 aliphatic rings. The smallest absolute Gasteiger partial charge is 0.00257 e. The van der Waals surface area contributed by atoms with E-state index in [1.54, 1.807) is 11.1 Å². The molecule has 0 spiro atoms. The lowest BCUT2D eigenvalue weighted by atomic mass is 9.72. The normalized spacial score (nSPS) is 21.3. The van der Waals surface area contributed by atoms with E-state index in [0.717, 1.165) is 24.2 Å². The molecule has 0 heterocycles. The second kappa shape index (κ2) is 6.05. The van der Waals surface area contributed by atoms with Gasteiger partial charge in [0, 0.05) is 0 Å². The summed E-state index contributed by atoms with van der Waals surface area (Å²) in [6.45, 7) is 7.12. The Hall–Kier alpha value is -1.56. The Morgan fingerprint density at radius 3 is 2.38 bits per heavy atom. The van der Waals surface area contributed by atoms with Crippen molar-refractivity contribution in [3.63, 3.8) is 0 Å². The van der Waals surface area contributed by atoms with E-state index >= 15 is 0 Å². The van der Waals surface area contributed by atoms with Crippen LogP contribution in [0.2, 0.25) is 0 Å². The molecule has 0 fully saturated rings. The van der Waals surface area contributed by atoms with Crippen molar-refractivity contribution in [2.75, 3.05) is 0 Å². The summed E-state index contributed by atoms with van der Waals surface area (Å²) in [6, 6.07) is 18.0. The van der Waals surface area contributed by atoms with Crippen LogP contribution in [-0.4, -0.2) is 0 Å². The molecule has 0 aromatic heterocycles. The number of rotatable bonds is 3. The first-order valence-electron chi connectivity index (χ1n) is 8.32. The molecular formula is C21H26. The first kappa shape index (κ1) is 14.4. The van der Waals surface area contributed by atoms with Crippen molar-refractivity contribution in [1.29, 1.82) is 0 Å². The molecule has 0 nitrogen and oxygen atoms in total. The average molecular weight is 278 g/mol. The summed E-state index contributed by atoms with van der Waals surface area (Å²) in [5.41, 5.74) is 6.08. The number of fused-ring (bicyclic) bond motifs is 1. The molecule has 1 aliphatic carbocycles. The molecule has 2 unspecified atom stereocenters. The van der Waals surface area contributed by atoms with E-state index in [1.165, 1.54) is 24.0 Å². The predicted molar refractivity (Wildman–Crippen MR) is 90.9 cm³/mol. The highest BCUT2D eigenvalue weighted by atomic mass is 14.3. The van der Waals surface area contributed by atoms with Gasteiger partial charge in [-0.15, -0.1) is 0 Å². The van der Waals surface area contributed by atoms with Crippen LogP contribution in [0.15, 0.2) is 48.5 Å². The highest BCUT2D eigenvalue weighted by Gasteiger charge is 2.26. The fourth-order valence-electron chi connectivity index (χ4n) is 3.77. The standard InChI is InChI=1S/C21H26/c1-15(2)19-11-9-16(3)20-12-10-18(14-21(19)20)13-17-7-5-4-6-8-17/h4-8,10,12,14-16,19H,9,11,13H2,1-3H3. The minimum absolute atomic E-state index is 0.723. The second-order valence-corrected chi connectivity index (χ2v) is 6.95. The van der Waals surface area contributed by atoms with Gasteiger partial charge in [-0.1, -0.05) is 69.3 Å². The maximum atomic E-state index is 2.49. The molecule has 0 amide bonds. The van der Waals surface area contributed by atoms with Crippen LogP contribution in [0.25, 0.3) is 0 Å². The van der Waals surface area contributed by atoms with Gasteiger partial charge in [0.1, 0.15) is 0 Å². The van der Waals surface area contributed by atoms with Crippen LogP contribution >= 0.6 is 0 Å². The van der Waals surface area contributed by atoms with Crippen molar-refractivity contribution < 1.29 is 0 Å². The molecule has 0 heteroatoms. The summed E-state index contributed by atoms with van der Waals surface area (Å²) in [4.78, 5) is 0. The van der Waals surface area contributed by atoms with Crippen molar-refractivity contribution >= 4 is 0 Å². The summed E-state index contributed by atoms with van der Waals surface area (Å²) < 4.78 is 0. The third-order valence-corrected chi connectivity index (χ3v) is 5.05. The third kappa shape index (κ3) is 3.05.